The second-order valence-electron chi connectivity index (χ2n) is 4.01. The van der Waals surface area contributed by atoms with Gasteiger partial charge in [-0.25, -0.2) is 4.79 Å². The van der Waals surface area contributed by atoms with E-state index in [-0.39, 0.29) is 11.3 Å². The van der Waals surface area contributed by atoms with Gasteiger partial charge in [-0.05, 0) is 24.3 Å². The topological polar surface area (TPSA) is 94.8 Å². The molecular formula is C12H8F3N3O3. The van der Waals surface area contributed by atoms with Crippen molar-refractivity contribution in [3.8, 4) is 0 Å². The van der Waals surface area contributed by atoms with Crippen LogP contribution in [-0.4, -0.2) is 15.9 Å². The summed E-state index contributed by atoms with van der Waals surface area (Å²) >= 11 is 0. The smallest absolute Gasteiger partial charge is 0.322 e. The molecule has 1 aromatic carbocycles. The fraction of sp³-hybridized carbons (Fsp3) is 0.0833. The number of benzene rings is 1. The van der Waals surface area contributed by atoms with Crippen molar-refractivity contribution in [3.05, 3.63) is 62.4 Å². The molecule has 0 radical (unpaired) electrons. The number of aromatic nitrogens is 2. The van der Waals surface area contributed by atoms with Crippen molar-refractivity contribution >= 4 is 11.6 Å². The number of carbonyl (C=O) groups excluding carboxylic acids is 1. The molecule has 2 aromatic rings. The van der Waals surface area contributed by atoms with Crippen molar-refractivity contribution < 1.29 is 18.0 Å². The molecule has 2 rings (SSSR count). The lowest BCUT2D eigenvalue weighted by molar-refractivity contribution is -0.137. The summed E-state index contributed by atoms with van der Waals surface area (Å²) in [6.07, 6.45) is -3.56. The molecule has 6 nitrogen and oxygen atoms in total. The van der Waals surface area contributed by atoms with E-state index in [1.165, 1.54) is 0 Å². The maximum Gasteiger partial charge on any atom is 0.416 e. The van der Waals surface area contributed by atoms with Crippen molar-refractivity contribution in [2.24, 2.45) is 0 Å². The van der Waals surface area contributed by atoms with Gasteiger partial charge in [-0.15, -0.1) is 0 Å². The van der Waals surface area contributed by atoms with Crippen molar-refractivity contribution in [1.82, 2.24) is 9.97 Å². The first-order valence-electron chi connectivity index (χ1n) is 5.58. The van der Waals surface area contributed by atoms with Crippen molar-refractivity contribution in [3.63, 3.8) is 0 Å². The van der Waals surface area contributed by atoms with Gasteiger partial charge in [0.15, 0.2) is 0 Å². The van der Waals surface area contributed by atoms with E-state index in [4.69, 9.17) is 0 Å². The standard InChI is InChI=1S/C12H8F3N3O3/c13-12(14,15)6-1-3-7(4-2-6)17-9(19)8-5-16-11(21)18-10(8)20/h1-5H,(H,17,19)(H2,16,18,20,21). The molecule has 1 aromatic heterocycles. The Kier molecular flexibility index (Phi) is 3.66. The Morgan fingerprint density at radius 2 is 1.71 bits per heavy atom. The number of hydrogen-bond donors (Lipinski definition) is 3. The monoisotopic (exact) mass is 299 g/mol. The molecular weight excluding hydrogens is 291 g/mol. The third-order valence-electron chi connectivity index (χ3n) is 2.53. The number of alkyl halides is 3. The third kappa shape index (κ3) is 3.38. The van der Waals surface area contributed by atoms with Crippen LogP contribution in [0, 0.1) is 0 Å². The van der Waals surface area contributed by atoms with Gasteiger partial charge in [0.05, 0.1) is 5.56 Å². The van der Waals surface area contributed by atoms with Crippen LogP contribution in [0.5, 0.6) is 0 Å². The van der Waals surface area contributed by atoms with Crippen LogP contribution < -0.4 is 16.6 Å². The highest BCUT2D eigenvalue weighted by molar-refractivity contribution is 6.03. The molecule has 0 fully saturated rings. The van der Waals surface area contributed by atoms with Crippen LogP contribution in [0.25, 0.3) is 0 Å². The van der Waals surface area contributed by atoms with E-state index in [0.717, 1.165) is 30.5 Å². The number of anilines is 1. The molecule has 0 aliphatic rings. The molecule has 0 bridgehead atoms. The molecule has 110 valence electrons. The van der Waals surface area contributed by atoms with Crippen LogP contribution in [0.4, 0.5) is 18.9 Å². The summed E-state index contributed by atoms with van der Waals surface area (Å²) in [4.78, 5) is 37.9. The lowest BCUT2D eigenvalue weighted by Crippen LogP contribution is -2.29. The predicted octanol–water partition coefficient (Wildman–Crippen LogP) is 1.33. The van der Waals surface area contributed by atoms with E-state index in [1.54, 1.807) is 0 Å². The van der Waals surface area contributed by atoms with Gasteiger partial charge >= 0.3 is 11.9 Å². The number of nitrogens with one attached hydrogen (secondary N) is 3. The summed E-state index contributed by atoms with van der Waals surface area (Å²) in [5.41, 5.74) is -2.82. The highest BCUT2D eigenvalue weighted by Crippen LogP contribution is 2.29. The first-order valence-corrected chi connectivity index (χ1v) is 5.58. The zero-order valence-corrected chi connectivity index (χ0v) is 10.2. The summed E-state index contributed by atoms with van der Waals surface area (Å²) in [6.45, 7) is 0. The van der Waals surface area contributed by atoms with Crippen molar-refractivity contribution in [2.45, 2.75) is 6.18 Å². The maximum atomic E-state index is 12.4. The van der Waals surface area contributed by atoms with Gasteiger partial charge in [0.25, 0.3) is 11.5 Å². The van der Waals surface area contributed by atoms with Gasteiger partial charge in [-0.2, -0.15) is 13.2 Å². The third-order valence-corrected chi connectivity index (χ3v) is 2.53. The lowest BCUT2D eigenvalue weighted by Gasteiger charge is -2.08. The average molecular weight is 299 g/mol. The van der Waals surface area contributed by atoms with Gasteiger partial charge in [0, 0.05) is 11.9 Å². The minimum atomic E-state index is -4.47. The molecule has 1 amide bonds. The summed E-state index contributed by atoms with van der Waals surface area (Å²) in [5.74, 6) is -0.854. The molecule has 3 N–H and O–H groups in total. The number of H-pyrrole nitrogens is 2. The molecule has 0 atom stereocenters. The fourth-order valence-electron chi connectivity index (χ4n) is 1.52. The van der Waals surface area contributed by atoms with Crippen LogP contribution in [0.15, 0.2) is 40.1 Å². The number of rotatable bonds is 2. The molecule has 0 spiro atoms. The molecule has 9 heteroatoms. The number of halogens is 3. The normalized spacial score (nSPS) is 11.2. The summed E-state index contributed by atoms with van der Waals surface area (Å²) in [6, 6.07) is 3.71. The van der Waals surface area contributed by atoms with Gasteiger partial charge in [0.2, 0.25) is 0 Å². The van der Waals surface area contributed by atoms with E-state index in [9.17, 15) is 27.6 Å². The van der Waals surface area contributed by atoms with Gasteiger partial charge in [0.1, 0.15) is 5.56 Å². The van der Waals surface area contributed by atoms with Gasteiger partial charge in [-0.1, -0.05) is 0 Å². The number of aromatic amines is 2. The summed E-state index contributed by atoms with van der Waals surface area (Å²) in [7, 11) is 0. The Labute approximate surface area is 114 Å². The Balaban J connectivity index is 2.20. The van der Waals surface area contributed by atoms with Crippen LogP contribution in [0.3, 0.4) is 0 Å². The minimum absolute atomic E-state index is 0.0820. The van der Waals surface area contributed by atoms with Crippen LogP contribution in [0.1, 0.15) is 15.9 Å². The van der Waals surface area contributed by atoms with E-state index in [0.29, 0.717) is 0 Å². The molecule has 0 saturated carbocycles. The number of amides is 1. The Morgan fingerprint density at radius 1 is 1.10 bits per heavy atom. The molecule has 21 heavy (non-hydrogen) atoms. The number of carbonyl (C=O) groups is 1. The lowest BCUT2D eigenvalue weighted by atomic mass is 10.2. The van der Waals surface area contributed by atoms with Crippen molar-refractivity contribution in [1.29, 1.82) is 0 Å². The summed E-state index contributed by atoms with van der Waals surface area (Å²) < 4.78 is 37.1. The minimum Gasteiger partial charge on any atom is -0.322 e. The van der Waals surface area contributed by atoms with Crippen LogP contribution in [-0.2, 0) is 6.18 Å². The highest BCUT2D eigenvalue weighted by atomic mass is 19.4. The zero-order chi connectivity index (χ0) is 15.6. The Bertz CT molecular complexity index is 775. The maximum absolute atomic E-state index is 12.4. The quantitative estimate of drug-likeness (QED) is 0.780. The molecule has 0 saturated heterocycles. The number of hydrogen-bond acceptors (Lipinski definition) is 3. The van der Waals surface area contributed by atoms with Gasteiger partial charge in [-0.3, -0.25) is 14.6 Å². The fourth-order valence-corrected chi connectivity index (χ4v) is 1.52. The summed E-state index contributed by atoms with van der Waals surface area (Å²) in [5, 5.41) is 2.25. The second kappa shape index (κ2) is 5.27. The van der Waals surface area contributed by atoms with Gasteiger partial charge < -0.3 is 10.3 Å². The van der Waals surface area contributed by atoms with E-state index in [1.807, 2.05) is 4.98 Å². The van der Waals surface area contributed by atoms with E-state index >= 15 is 0 Å². The molecule has 1 heterocycles. The first kappa shape index (κ1) is 14.6. The molecule has 0 aliphatic heterocycles. The highest BCUT2D eigenvalue weighted by Gasteiger charge is 2.30. The Hall–Kier alpha value is -2.84. The van der Waals surface area contributed by atoms with Crippen molar-refractivity contribution in [2.75, 3.05) is 5.32 Å². The predicted molar refractivity (Wildman–Crippen MR) is 67.1 cm³/mol. The SMILES string of the molecule is O=C(Nc1ccc(C(F)(F)F)cc1)c1c[nH]c(=O)[nH]c1=O. The molecule has 0 aliphatic carbocycles. The largest absolute Gasteiger partial charge is 0.416 e. The first-order chi connectivity index (χ1) is 9.77. The van der Waals surface area contributed by atoms with Crippen LogP contribution in [0.2, 0.25) is 0 Å². The second-order valence-corrected chi connectivity index (χ2v) is 4.01. The average Bonchev–Trinajstić information content (AvgIpc) is 2.38. The zero-order valence-electron chi connectivity index (χ0n) is 10.2. The Morgan fingerprint density at radius 3 is 2.24 bits per heavy atom. The van der Waals surface area contributed by atoms with E-state index < -0.39 is 28.9 Å². The van der Waals surface area contributed by atoms with Crippen LogP contribution >= 0.6 is 0 Å². The molecule has 0 unspecified atom stereocenters. The van der Waals surface area contributed by atoms with E-state index in [2.05, 4.69) is 10.3 Å².